The van der Waals surface area contributed by atoms with Gasteiger partial charge in [0.1, 0.15) is 11.3 Å². The smallest absolute Gasteiger partial charge is 0.346 e. The second kappa shape index (κ2) is 8.02. The van der Waals surface area contributed by atoms with Crippen molar-refractivity contribution in [3.8, 4) is 5.75 Å². The minimum Gasteiger partial charge on any atom is -0.497 e. The first-order chi connectivity index (χ1) is 14.2. The Morgan fingerprint density at radius 1 is 1.30 bits per heavy atom. The van der Waals surface area contributed by atoms with Gasteiger partial charge in [0.2, 0.25) is 0 Å². The summed E-state index contributed by atoms with van der Waals surface area (Å²) in [5.74, 6) is -0.394. The monoisotopic (exact) mass is 412 g/mol. The van der Waals surface area contributed by atoms with Crippen LogP contribution in [0.3, 0.4) is 0 Å². The van der Waals surface area contributed by atoms with Crippen LogP contribution in [0.5, 0.6) is 5.75 Å². The number of hydrogen-bond acceptors (Lipinski definition) is 6. The number of aromatic amines is 1. The van der Waals surface area contributed by atoms with Crippen LogP contribution in [0.2, 0.25) is 0 Å². The molecule has 0 saturated carbocycles. The van der Waals surface area contributed by atoms with Crippen LogP contribution < -0.4 is 10.1 Å². The number of amides is 3. The van der Waals surface area contributed by atoms with E-state index in [1.54, 1.807) is 52.0 Å². The molecule has 2 aromatic rings. The number of aromatic nitrogens is 1. The molecule has 0 bridgehead atoms. The fourth-order valence-corrected chi connectivity index (χ4v) is 3.39. The number of esters is 1. The third kappa shape index (κ3) is 3.54. The predicted octanol–water partition coefficient (Wildman–Crippen LogP) is 2.62. The van der Waals surface area contributed by atoms with Crippen molar-refractivity contribution in [2.75, 3.05) is 13.7 Å². The maximum atomic E-state index is 13.0. The van der Waals surface area contributed by atoms with E-state index < -0.39 is 23.4 Å². The molecule has 1 fully saturated rings. The maximum absolute atomic E-state index is 13.0. The number of benzene rings is 1. The molecule has 0 radical (unpaired) electrons. The molecule has 1 aromatic heterocycles. The molecule has 3 amide bonds. The summed E-state index contributed by atoms with van der Waals surface area (Å²) in [6.45, 7) is 7.08. The van der Waals surface area contributed by atoms with Crippen molar-refractivity contribution in [1.82, 2.24) is 15.3 Å². The summed E-state index contributed by atoms with van der Waals surface area (Å²) in [7, 11) is 1.53. The highest BCUT2D eigenvalue weighted by atomic mass is 16.5. The molecule has 1 saturated heterocycles. The quantitative estimate of drug-likeness (QED) is 0.430. The van der Waals surface area contributed by atoms with E-state index in [2.05, 4.69) is 15.4 Å². The highest BCUT2D eigenvalue weighted by Gasteiger charge is 2.49. The molecule has 1 aliphatic heterocycles. The minimum atomic E-state index is -1.28. The largest absolute Gasteiger partial charge is 0.497 e. The predicted molar refractivity (Wildman–Crippen MR) is 110 cm³/mol. The lowest BCUT2D eigenvalue weighted by molar-refractivity contribution is -0.131. The number of nitrogens with zero attached hydrogens (tertiary/aromatic N) is 2. The SMILES string of the molecule is CCOC(=O)c1c(C)[nH]c(/C=N/N2C(=O)N[C@](C)(c3cccc(OC)c3)C2=O)c1C. The zero-order chi connectivity index (χ0) is 22.1. The van der Waals surface area contributed by atoms with E-state index in [0.717, 1.165) is 5.01 Å². The molecule has 1 atom stereocenters. The van der Waals surface area contributed by atoms with Crippen molar-refractivity contribution in [3.05, 3.63) is 52.3 Å². The van der Waals surface area contributed by atoms with E-state index >= 15 is 0 Å². The Bertz CT molecular complexity index is 1040. The summed E-state index contributed by atoms with van der Waals surface area (Å²) in [5.41, 5.74) is 1.46. The van der Waals surface area contributed by atoms with Gasteiger partial charge in [-0.15, -0.1) is 5.01 Å². The van der Waals surface area contributed by atoms with Crippen molar-refractivity contribution in [1.29, 1.82) is 0 Å². The fourth-order valence-electron chi connectivity index (χ4n) is 3.39. The lowest BCUT2D eigenvalue weighted by atomic mass is 9.92. The topological polar surface area (TPSA) is 113 Å². The molecular weight excluding hydrogens is 388 g/mol. The standard InChI is InChI=1S/C21H24N4O5/c1-6-30-18(26)17-12(2)16(23-13(17)3)11-22-25-19(27)21(4,24-20(25)28)14-8-7-9-15(10-14)29-5/h7-11,23H,6H2,1-5H3,(H,24,28)/b22-11+/t21-/m1/s1. The molecule has 158 valence electrons. The number of imide groups is 1. The van der Waals surface area contributed by atoms with E-state index in [4.69, 9.17) is 9.47 Å². The first kappa shape index (κ1) is 21.1. The van der Waals surface area contributed by atoms with Gasteiger partial charge < -0.3 is 19.8 Å². The molecule has 0 unspecified atom stereocenters. The van der Waals surface area contributed by atoms with Gasteiger partial charge in [-0.05, 0) is 51.0 Å². The normalized spacial score (nSPS) is 18.8. The Labute approximate surface area is 174 Å². The van der Waals surface area contributed by atoms with Gasteiger partial charge in [-0.2, -0.15) is 5.10 Å². The van der Waals surface area contributed by atoms with Crippen LogP contribution in [0.4, 0.5) is 4.79 Å². The lowest BCUT2D eigenvalue weighted by Crippen LogP contribution is -2.40. The summed E-state index contributed by atoms with van der Waals surface area (Å²) in [6.07, 6.45) is 1.35. The maximum Gasteiger partial charge on any atom is 0.346 e. The number of urea groups is 1. The van der Waals surface area contributed by atoms with E-state index in [-0.39, 0.29) is 6.61 Å². The first-order valence-electron chi connectivity index (χ1n) is 9.44. The Balaban J connectivity index is 1.88. The molecule has 1 aliphatic rings. The molecule has 0 aliphatic carbocycles. The number of hydrogen-bond donors (Lipinski definition) is 2. The number of rotatable bonds is 6. The average Bonchev–Trinajstić information content (AvgIpc) is 3.12. The zero-order valence-corrected chi connectivity index (χ0v) is 17.5. The van der Waals surface area contributed by atoms with Crippen LogP contribution >= 0.6 is 0 Å². The van der Waals surface area contributed by atoms with Crippen molar-refractivity contribution < 1.29 is 23.9 Å². The van der Waals surface area contributed by atoms with Crippen LogP contribution in [0, 0.1) is 13.8 Å². The molecular formula is C21H24N4O5. The van der Waals surface area contributed by atoms with Crippen LogP contribution in [0.15, 0.2) is 29.4 Å². The second-order valence-electron chi connectivity index (χ2n) is 7.03. The number of ether oxygens (including phenoxy) is 2. The van der Waals surface area contributed by atoms with Crippen LogP contribution in [-0.4, -0.2) is 47.8 Å². The summed E-state index contributed by atoms with van der Waals surface area (Å²) in [4.78, 5) is 40.6. The third-order valence-electron chi connectivity index (χ3n) is 5.07. The summed E-state index contributed by atoms with van der Waals surface area (Å²) < 4.78 is 10.3. The van der Waals surface area contributed by atoms with Gasteiger partial charge in [0.05, 0.1) is 31.2 Å². The summed E-state index contributed by atoms with van der Waals surface area (Å²) in [5, 5.41) is 7.53. The van der Waals surface area contributed by atoms with Gasteiger partial charge in [0.25, 0.3) is 5.91 Å². The van der Waals surface area contributed by atoms with Crippen molar-refractivity contribution >= 4 is 24.1 Å². The number of hydrazone groups is 1. The number of carbonyl (C=O) groups is 3. The van der Waals surface area contributed by atoms with Gasteiger partial charge in [-0.1, -0.05) is 12.1 Å². The molecule has 2 heterocycles. The van der Waals surface area contributed by atoms with E-state index in [1.165, 1.54) is 13.3 Å². The van der Waals surface area contributed by atoms with Gasteiger partial charge in [-0.25, -0.2) is 9.59 Å². The van der Waals surface area contributed by atoms with Gasteiger partial charge >= 0.3 is 12.0 Å². The van der Waals surface area contributed by atoms with E-state index in [9.17, 15) is 14.4 Å². The number of nitrogens with one attached hydrogen (secondary N) is 2. The van der Waals surface area contributed by atoms with Crippen LogP contribution in [0.25, 0.3) is 0 Å². The van der Waals surface area contributed by atoms with Gasteiger partial charge in [0, 0.05) is 5.69 Å². The second-order valence-corrected chi connectivity index (χ2v) is 7.03. The van der Waals surface area contributed by atoms with E-state index in [1.807, 2.05) is 0 Å². The van der Waals surface area contributed by atoms with Crippen molar-refractivity contribution in [2.24, 2.45) is 5.10 Å². The summed E-state index contributed by atoms with van der Waals surface area (Å²) in [6, 6.07) is 6.27. The first-order valence-corrected chi connectivity index (χ1v) is 9.44. The Hall–Kier alpha value is -3.62. The summed E-state index contributed by atoms with van der Waals surface area (Å²) >= 11 is 0. The van der Waals surface area contributed by atoms with Crippen LogP contribution in [-0.2, 0) is 15.1 Å². The highest BCUT2D eigenvalue weighted by molar-refractivity contribution is 6.07. The van der Waals surface area contributed by atoms with Crippen LogP contribution in [0.1, 0.15) is 46.7 Å². The highest BCUT2D eigenvalue weighted by Crippen LogP contribution is 2.31. The Kier molecular flexibility index (Phi) is 5.64. The molecule has 0 spiro atoms. The van der Waals surface area contributed by atoms with Crippen molar-refractivity contribution in [3.63, 3.8) is 0 Å². The number of carbonyl (C=O) groups excluding carboxylic acids is 3. The molecule has 2 N–H and O–H groups in total. The molecule has 30 heavy (non-hydrogen) atoms. The zero-order valence-electron chi connectivity index (χ0n) is 17.5. The Morgan fingerprint density at radius 3 is 2.70 bits per heavy atom. The fraction of sp³-hybridized carbons (Fsp3) is 0.333. The minimum absolute atomic E-state index is 0.262. The number of methoxy groups -OCH3 is 1. The molecule has 1 aromatic carbocycles. The lowest BCUT2D eigenvalue weighted by Gasteiger charge is -2.21. The Morgan fingerprint density at radius 2 is 2.03 bits per heavy atom. The van der Waals surface area contributed by atoms with Gasteiger partial charge in [0.15, 0.2) is 0 Å². The average molecular weight is 412 g/mol. The molecule has 9 heteroatoms. The van der Waals surface area contributed by atoms with Crippen molar-refractivity contribution in [2.45, 2.75) is 33.2 Å². The number of H-pyrrole nitrogens is 1. The molecule has 9 nitrogen and oxygen atoms in total. The van der Waals surface area contributed by atoms with E-state index in [0.29, 0.717) is 33.8 Å². The number of aryl methyl sites for hydroxylation is 1. The third-order valence-corrected chi connectivity index (χ3v) is 5.07. The molecule has 3 rings (SSSR count). The van der Waals surface area contributed by atoms with Gasteiger partial charge in [-0.3, -0.25) is 4.79 Å².